The Balaban J connectivity index is 2.00. The molecule has 0 aliphatic rings. The van der Waals surface area contributed by atoms with Gasteiger partial charge in [-0.15, -0.1) is 0 Å². The number of benzene rings is 1. The summed E-state index contributed by atoms with van der Waals surface area (Å²) in [6, 6.07) is 9.28. The van der Waals surface area contributed by atoms with Gasteiger partial charge in [0.05, 0.1) is 0 Å². The Morgan fingerprint density at radius 2 is 2.05 bits per heavy atom. The molecule has 0 aliphatic heterocycles. The second kappa shape index (κ2) is 7.86. The van der Waals surface area contributed by atoms with E-state index >= 15 is 0 Å². The van der Waals surface area contributed by atoms with Crippen LogP contribution in [0.15, 0.2) is 42.7 Å². The fourth-order valence-corrected chi connectivity index (χ4v) is 2.28. The number of halogens is 1. The summed E-state index contributed by atoms with van der Waals surface area (Å²) in [6.45, 7) is 5.08. The van der Waals surface area contributed by atoms with Gasteiger partial charge in [0.2, 0.25) is 0 Å². The zero-order valence-electron chi connectivity index (χ0n) is 12.6. The maximum atomic E-state index is 13.9. The predicted molar refractivity (Wildman–Crippen MR) is 83.2 cm³/mol. The molecule has 0 amide bonds. The van der Waals surface area contributed by atoms with Gasteiger partial charge >= 0.3 is 0 Å². The van der Waals surface area contributed by atoms with Gasteiger partial charge in [-0.3, -0.25) is 9.88 Å². The van der Waals surface area contributed by atoms with Crippen molar-refractivity contribution >= 4 is 0 Å². The van der Waals surface area contributed by atoms with E-state index in [1.165, 1.54) is 0 Å². The van der Waals surface area contributed by atoms with Crippen molar-refractivity contribution in [2.24, 2.45) is 0 Å². The van der Waals surface area contributed by atoms with Crippen LogP contribution in [0.4, 0.5) is 4.39 Å². The quantitative estimate of drug-likeness (QED) is 0.848. The van der Waals surface area contributed by atoms with E-state index in [9.17, 15) is 4.39 Å². The average molecular weight is 287 g/mol. The maximum absolute atomic E-state index is 13.9. The highest BCUT2D eigenvalue weighted by molar-refractivity contribution is 5.25. The van der Waals surface area contributed by atoms with Crippen molar-refractivity contribution in [3.63, 3.8) is 0 Å². The lowest BCUT2D eigenvalue weighted by molar-refractivity contribution is 0.313. The lowest BCUT2D eigenvalue weighted by Crippen LogP contribution is -2.19. The molecule has 0 saturated heterocycles. The van der Waals surface area contributed by atoms with Crippen molar-refractivity contribution in [1.29, 1.82) is 0 Å². The summed E-state index contributed by atoms with van der Waals surface area (Å²) in [5.74, 6) is -0.145. The molecule has 0 fully saturated rings. The molecule has 2 rings (SSSR count). The Hall–Kier alpha value is -1.78. The van der Waals surface area contributed by atoms with Gasteiger partial charge in [-0.05, 0) is 36.9 Å². The number of hydrogen-bond acceptors (Lipinski definition) is 3. The monoisotopic (exact) mass is 287 g/mol. The van der Waals surface area contributed by atoms with Crippen molar-refractivity contribution in [3.8, 4) is 0 Å². The van der Waals surface area contributed by atoms with Crippen LogP contribution < -0.4 is 5.32 Å². The molecule has 2 aromatic rings. The van der Waals surface area contributed by atoms with Gasteiger partial charge in [0.1, 0.15) is 5.82 Å². The molecule has 0 bridgehead atoms. The van der Waals surface area contributed by atoms with Gasteiger partial charge in [0, 0.05) is 37.6 Å². The highest BCUT2D eigenvalue weighted by atomic mass is 19.1. The first-order valence-corrected chi connectivity index (χ1v) is 7.24. The largest absolute Gasteiger partial charge is 0.313 e. The van der Waals surface area contributed by atoms with Crippen molar-refractivity contribution in [2.75, 3.05) is 13.6 Å². The van der Waals surface area contributed by atoms with E-state index in [1.54, 1.807) is 12.3 Å². The Morgan fingerprint density at radius 1 is 1.19 bits per heavy atom. The molecule has 21 heavy (non-hydrogen) atoms. The Morgan fingerprint density at radius 3 is 2.76 bits per heavy atom. The summed E-state index contributed by atoms with van der Waals surface area (Å²) >= 11 is 0. The predicted octanol–water partition coefficient (Wildman–Crippen LogP) is 2.96. The zero-order chi connectivity index (χ0) is 15.1. The van der Waals surface area contributed by atoms with Crippen LogP contribution in [-0.2, 0) is 19.6 Å². The van der Waals surface area contributed by atoms with Crippen molar-refractivity contribution in [3.05, 3.63) is 65.2 Å². The molecule has 1 N–H and O–H groups in total. The highest BCUT2D eigenvalue weighted by Crippen LogP contribution is 2.14. The number of rotatable bonds is 7. The van der Waals surface area contributed by atoms with E-state index in [0.29, 0.717) is 6.54 Å². The normalized spacial score (nSPS) is 11.0. The first-order chi connectivity index (χ1) is 10.2. The molecular weight excluding hydrogens is 265 g/mol. The van der Waals surface area contributed by atoms with Gasteiger partial charge in [0.25, 0.3) is 0 Å². The molecule has 0 saturated carbocycles. The van der Waals surface area contributed by atoms with Crippen molar-refractivity contribution < 1.29 is 4.39 Å². The maximum Gasteiger partial charge on any atom is 0.127 e. The Labute approximate surface area is 125 Å². The molecule has 0 spiro atoms. The van der Waals surface area contributed by atoms with Gasteiger partial charge in [-0.25, -0.2) is 4.39 Å². The van der Waals surface area contributed by atoms with Crippen LogP contribution in [0.1, 0.15) is 23.6 Å². The zero-order valence-corrected chi connectivity index (χ0v) is 12.6. The third-order valence-corrected chi connectivity index (χ3v) is 3.30. The summed E-state index contributed by atoms with van der Waals surface area (Å²) < 4.78 is 13.9. The van der Waals surface area contributed by atoms with Gasteiger partial charge in [-0.2, -0.15) is 0 Å². The smallest absolute Gasteiger partial charge is 0.127 e. The second-order valence-corrected chi connectivity index (χ2v) is 5.24. The third-order valence-electron chi connectivity index (χ3n) is 3.30. The van der Waals surface area contributed by atoms with E-state index in [0.717, 1.165) is 36.3 Å². The molecule has 1 aromatic carbocycles. The molecule has 112 valence electrons. The Bertz CT molecular complexity index is 557. The van der Waals surface area contributed by atoms with Gasteiger partial charge < -0.3 is 5.32 Å². The summed E-state index contributed by atoms with van der Waals surface area (Å²) in [4.78, 5) is 6.19. The van der Waals surface area contributed by atoms with Crippen molar-refractivity contribution in [1.82, 2.24) is 15.2 Å². The van der Waals surface area contributed by atoms with Crippen molar-refractivity contribution in [2.45, 2.75) is 26.6 Å². The van der Waals surface area contributed by atoms with Crippen LogP contribution in [0.3, 0.4) is 0 Å². The van der Waals surface area contributed by atoms with E-state index in [1.807, 2.05) is 37.5 Å². The van der Waals surface area contributed by atoms with Crippen LogP contribution in [0.25, 0.3) is 0 Å². The minimum absolute atomic E-state index is 0.145. The lowest BCUT2D eigenvalue weighted by Gasteiger charge is -2.17. The Kier molecular flexibility index (Phi) is 5.84. The summed E-state index contributed by atoms with van der Waals surface area (Å²) in [7, 11) is 1.99. The molecular formula is C17H22FN3. The van der Waals surface area contributed by atoms with Gasteiger partial charge in [0.15, 0.2) is 0 Å². The van der Waals surface area contributed by atoms with Crippen LogP contribution in [-0.4, -0.2) is 23.5 Å². The van der Waals surface area contributed by atoms with Crippen LogP contribution in [0.2, 0.25) is 0 Å². The van der Waals surface area contributed by atoms with Crippen LogP contribution in [0, 0.1) is 5.82 Å². The molecule has 0 radical (unpaired) electrons. The number of nitrogens with one attached hydrogen (secondary N) is 1. The van der Waals surface area contributed by atoms with E-state index in [-0.39, 0.29) is 5.82 Å². The number of aromatic nitrogens is 1. The standard InChI is InChI=1S/C17H22FN3/c1-3-19-10-14-6-7-17(18)16(9-14)13-21(2)12-15-5-4-8-20-11-15/h4-9,11,19H,3,10,12-13H2,1-2H3. The van der Waals surface area contributed by atoms with Crippen LogP contribution in [0.5, 0.6) is 0 Å². The molecule has 0 aliphatic carbocycles. The summed E-state index contributed by atoms with van der Waals surface area (Å²) in [5, 5.41) is 3.26. The molecule has 4 heteroatoms. The van der Waals surface area contributed by atoms with Gasteiger partial charge in [-0.1, -0.05) is 25.1 Å². The van der Waals surface area contributed by atoms with E-state index in [2.05, 4.69) is 22.1 Å². The SMILES string of the molecule is CCNCc1ccc(F)c(CN(C)Cc2cccnc2)c1. The van der Waals surface area contributed by atoms with E-state index < -0.39 is 0 Å². The number of hydrogen-bond donors (Lipinski definition) is 1. The average Bonchev–Trinajstić information content (AvgIpc) is 2.49. The first kappa shape index (κ1) is 15.6. The molecule has 1 aromatic heterocycles. The molecule has 3 nitrogen and oxygen atoms in total. The second-order valence-electron chi connectivity index (χ2n) is 5.24. The fraction of sp³-hybridized carbons (Fsp3) is 0.353. The minimum atomic E-state index is -0.145. The highest BCUT2D eigenvalue weighted by Gasteiger charge is 2.08. The minimum Gasteiger partial charge on any atom is -0.313 e. The first-order valence-electron chi connectivity index (χ1n) is 7.24. The number of nitrogens with zero attached hydrogens (tertiary/aromatic N) is 2. The molecule has 0 atom stereocenters. The fourth-order valence-electron chi connectivity index (χ4n) is 2.28. The summed E-state index contributed by atoms with van der Waals surface area (Å²) in [6.07, 6.45) is 3.60. The number of pyridine rings is 1. The topological polar surface area (TPSA) is 28.2 Å². The van der Waals surface area contributed by atoms with E-state index in [4.69, 9.17) is 0 Å². The summed E-state index contributed by atoms with van der Waals surface area (Å²) in [5.41, 5.74) is 2.98. The third kappa shape index (κ3) is 4.92. The van der Waals surface area contributed by atoms with Crippen LogP contribution >= 0.6 is 0 Å². The molecule has 0 unspecified atom stereocenters. The molecule has 1 heterocycles. The lowest BCUT2D eigenvalue weighted by atomic mass is 10.1.